The molecular formula is C11H22F3NOS. The molecule has 0 aromatic rings. The molecule has 0 aromatic carbocycles. The van der Waals surface area contributed by atoms with E-state index in [2.05, 4.69) is 17.0 Å². The highest BCUT2D eigenvalue weighted by atomic mass is 32.2. The molecule has 0 spiro atoms. The minimum Gasteiger partial charge on any atom is -0.372 e. The van der Waals surface area contributed by atoms with Gasteiger partial charge in [0.15, 0.2) is 0 Å². The Morgan fingerprint density at radius 3 is 2.59 bits per heavy atom. The number of halogens is 3. The minimum absolute atomic E-state index is 0.179. The normalized spacial score (nSPS) is 13.9. The van der Waals surface area contributed by atoms with Crippen LogP contribution in [0.5, 0.6) is 0 Å². The van der Waals surface area contributed by atoms with Crippen LogP contribution >= 0.6 is 11.8 Å². The number of hydrogen-bond acceptors (Lipinski definition) is 3. The molecule has 0 saturated heterocycles. The van der Waals surface area contributed by atoms with Gasteiger partial charge in [-0.05, 0) is 32.1 Å². The van der Waals surface area contributed by atoms with Gasteiger partial charge in [-0.15, -0.1) is 0 Å². The summed E-state index contributed by atoms with van der Waals surface area (Å²) < 4.78 is 39.9. The molecule has 0 saturated carbocycles. The lowest BCUT2D eigenvalue weighted by Crippen LogP contribution is -2.32. The second-order valence-electron chi connectivity index (χ2n) is 3.92. The van der Waals surface area contributed by atoms with Gasteiger partial charge >= 0.3 is 6.18 Å². The first kappa shape index (κ1) is 17.1. The van der Waals surface area contributed by atoms with E-state index in [1.807, 2.05) is 6.26 Å². The highest BCUT2D eigenvalue weighted by Crippen LogP contribution is 2.14. The SMILES string of the molecule is CCCNC(CCCOCC(F)(F)F)CSC. The smallest absolute Gasteiger partial charge is 0.372 e. The van der Waals surface area contributed by atoms with Crippen LogP contribution in [0.2, 0.25) is 0 Å². The van der Waals surface area contributed by atoms with Crippen molar-refractivity contribution in [3.8, 4) is 0 Å². The van der Waals surface area contributed by atoms with E-state index in [-0.39, 0.29) is 6.61 Å². The van der Waals surface area contributed by atoms with Gasteiger partial charge in [0.2, 0.25) is 0 Å². The van der Waals surface area contributed by atoms with E-state index < -0.39 is 12.8 Å². The Morgan fingerprint density at radius 2 is 2.06 bits per heavy atom. The summed E-state index contributed by atoms with van der Waals surface area (Å²) in [6, 6.07) is 0.374. The lowest BCUT2D eigenvalue weighted by molar-refractivity contribution is -0.174. The van der Waals surface area contributed by atoms with Crippen molar-refractivity contribution < 1.29 is 17.9 Å². The van der Waals surface area contributed by atoms with Crippen molar-refractivity contribution in [3.05, 3.63) is 0 Å². The molecule has 1 N–H and O–H groups in total. The molecule has 0 aliphatic carbocycles. The van der Waals surface area contributed by atoms with Crippen LogP contribution < -0.4 is 5.32 Å². The zero-order valence-electron chi connectivity index (χ0n) is 10.5. The van der Waals surface area contributed by atoms with Gasteiger partial charge < -0.3 is 10.1 Å². The fourth-order valence-corrected chi connectivity index (χ4v) is 2.10. The number of ether oxygens (including phenoxy) is 1. The van der Waals surface area contributed by atoms with Gasteiger partial charge in [0.1, 0.15) is 6.61 Å². The molecule has 0 heterocycles. The van der Waals surface area contributed by atoms with Crippen LogP contribution in [0.25, 0.3) is 0 Å². The maximum atomic E-state index is 11.8. The summed E-state index contributed by atoms with van der Waals surface area (Å²) in [6.45, 7) is 2.09. The van der Waals surface area contributed by atoms with Crippen LogP contribution in [0, 0.1) is 0 Å². The second-order valence-corrected chi connectivity index (χ2v) is 4.83. The second kappa shape index (κ2) is 10.0. The minimum atomic E-state index is -4.21. The van der Waals surface area contributed by atoms with Gasteiger partial charge in [-0.3, -0.25) is 0 Å². The van der Waals surface area contributed by atoms with E-state index in [9.17, 15) is 13.2 Å². The van der Waals surface area contributed by atoms with Crippen LogP contribution in [-0.4, -0.2) is 44.0 Å². The van der Waals surface area contributed by atoms with Crippen molar-refractivity contribution in [3.63, 3.8) is 0 Å². The van der Waals surface area contributed by atoms with E-state index in [1.54, 1.807) is 11.8 Å². The summed E-state index contributed by atoms with van der Waals surface area (Å²) in [5, 5.41) is 3.38. The molecule has 17 heavy (non-hydrogen) atoms. The predicted octanol–water partition coefficient (Wildman–Crippen LogP) is 3.08. The van der Waals surface area contributed by atoms with Crippen molar-refractivity contribution >= 4 is 11.8 Å². The zero-order chi connectivity index (χ0) is 13.1. The molecule has 0 aromatic heterocycles. The van der Waals surface area contributed by atoms with Crippen LogP contribution in [0.4, 0.5) is 13.2 Å². The Labute approximate surface area is 106 Å². The third-order valence-corrected chi connectivity index (χ3v) is 2.89. The molecule has 0 rings (SSSR count). The van der Waals surface area contributed by atoms with Crippen molar-refractivity contribution in [2.45, 2.75) is 38.4 Å². The van der Waals surface area contributed by atoms with Crippen LogP contribution in [0.3, 0.4) is 0 Å². The standard InChI is InChI=1S/C11H22F3NOS/c1-3-6-15-10(8-17-2)5-4-7-16-9-11(12,13)14/h10,15H,3-9H2,1-2H3. The molecule has 0 amide bonds. The highest BCUT2D eigenvalue weighted by Gasteiger charge is 2.27. The van der Waals surface area contributed by atoms with Crippen LogP contribution in [-0.2, 0) is 4.74 Å². The summed E-state index contributed by atoms with van der Waals surface area (Å²) in [5.41, 5.74) is 0. The molecule has 0 radical (unpaired) electrons. The lowest BCUT2D eigenvalue weighted by atomic mass is 10.2. The third kappa shape index (κ3) is 12.3. The maximum absolute atomic E-state index is 11.8. The molecule has 1 unspecified atom stereocenters. The molecule has 0 aliphatic rings. The average Bonchev–Trinajstić information content (AvgIpc) is 2.23. The van der Waals surface area contributed by atoms with Gasteiger partial charge in [-0.2, -0.15) is 24.9 Å². The van der Waals surface area contributed by atoms with E-state index in [1.165, 1.54) is 0 Å². The molecule has 6 heteroatoms. The van der Waals surface area contributed by atoms with Gasteiger partial charge in [0.05, 0.1) is 0 Å². The van der Waals surface area contributed by atoms with E-state index >= 15 is 0 Å². The summed E-state index contributed by atoms with van der Waals surface area (Å²) in [5.74, 6) is 0.985. The largest absolute Gasteiger partial charge is 0.411 e. The summed E-state index contributed by atoms with van der Waals surface area (Å²) in [6.07, 6.45) is 0.409. The monoisotopic (exact) mass is 273 g/mol. The predicted molar refractivity (Wildman–Crippen MR) is 66.6 cm³/mol. The molecule has 0 fully saturated rings. The van der Waals surface area contributed by atoms with Crippen LogP contribution in [0.1, 0.15) is 26.2 Å². The molecule has 104 valence electrons. The molecule has 0 aliphatic heterocycles. The van der Waals surface area contributed by atoms with Gasteiger partial charge in [-0.25, -0.2) is 0 Å². The summed E-state index contributed by atoms with van der Waals surface area (Å²) in [7, 11) is 0. The van der Waals surface area contributed by atoms with Crippen molar-refractivity contribution in [1.82, 2.24) is 5.32 Å². The maximum Gasteiger partial charge on any atom is 0.411 e. The van der Waals surface area contributed by atoms with Crippen LogP contribution in [0.15, 0.2) is 0 Å². The zero-order valence-corrected chi connectivity index (χ0v) is 11.3. The Balaban J connectivity index is 3.53. The molecule has 1 atom stereocenters. The number of thioether (sulfide) groups is 1. The first-order chi connectivity index (χ1) is 7.99. The molecule has 0 bridgehead atoms. The molecular weight excluding hydrogens is 251 g/mol. The van der Waals surface area contributed by atoms with E-state index in [0.29, 0.717) is 12.5 Å². The van der Waals surface area contributed by atoms with E-state index in [4.69, 9.17) is 0 Å². The number of rotatable bonds is 10. The van der Waals surface area contributed by atoms with Crippen molar-refractivity contribution in [2.24, 2.45) is 0 Å². The first-order valence-electron chi connectivity index (χ1n) is 5.86. The lowest BCUT2D eigenvalue weighted by Gasteiger charge is -2.17. The highest BCUT2D eigenvalue weighted by molar-refractivity contribution is 7.98. The molecule has 2 nitrogen and oxygen atoms in total. The summed E-state index contributed by atoms with van der Waals surface area (Å²) in [4.78, 5) is 0. The summed E-state index contributed by atoms with van der Waals surface area (Å²) >= 11 is 1.74. The Bertz CT molecular complexity index is 179. The Morgan fingerprint density at radius 1 is 1.35 bits per heavy atom. The van der Waals surface area contributed by atoms with Crippen molar-refractivity contribution in [2.75, 3.05) is 31.8 Å². The van der Waals surface area contributed by atoms with Gasteiger partial charge in [0, 0.05) is 18.4 Å². The Kier molecular flexibility index (Phi) is 10.1. The number of alkyl halides is 3. The number of nitrogens with one attached hydrogen (secondary N) is 1. The van der Waals surface area contributed by atoms with E-state index in [0.717, 1.165) is 25.1 Å². The van der Waals surface area contributed by atoms with Gasteiger partial charge in [-0.1, -0.05) is 6.92 Å². The topological polar surface area (TPSA) is 21.3 Å². The average molecular weight is 273 g/mol. The fourth-order valence-electron chi connectivity index (χ4n) is 1.41. The fraction of sp³-hybridized carbons (Fsp3) is 1.00. The van der Waals surface area contributed by atoms with Crippen molar-refractivity contribution in [1.29, 1.82) is 0 Å². The number of hydrogen-bond donors (Lipinski definition) is 1. The Hall–Kier alpha value is 0.0600. The van der Waals surface area contributed by atoms with Gasteiger partial charge in [0.25, 0.3) is 0 Å². The first-order valence-corrected chi connectivity index (χ1v) is 7.25. The quantitative estimate of drug-likeness (QED) is 0.618. The third-order valence-electron chi connectivity index (χ3n) is 2.16.